The monoisotopic (exact) mass is 424 g/mol. The largest absolute Gasteiger partial charge is 0.478 e. The average Bonchev–Trinajstić information content (AvgIpc) is 3.12. The fourth-order valence-electron chi connectivity index (χ4n) is 3.01. The Morgan fingerprint density at radius 3 is 2.66 bits per heavy atom. The van der Waals surface area contributed by atoms with Gasteiger partial charge in [0.05, 0.1) is 0 Å². The van der Waals surface area contributed by atoms with Gasteiger partial charge < -0.3 is 10.4 Å². The van der Waals surface area contributed by atoms with Crippen LogP contribution in [0.4, 0.5) is 5.00 Å². The summed E-state index contributed by atoms with van der Waals surface area (Å²) in [5.41, 5.74) is 3.86. The molecular formula is C21H15ClN3O3S+. The van der Waals surface area contributed by atoms with Gasteiger partial charge in [-0.05, 0) is 30.2 Å². The van der Waals surface area contributed by atoms with Crippen LogP contribution in [0.25, 0.3) is 22.2 Å². The summed E-state index contributed by atoms with van der Waals surface area (Å²) in [6, 6.07) is 12.5. The van der Waals surface area contributed by atoms with Gasteiger partial charge in [0, 0.05) is 22.0 Å². The third-order valence-corrected chi connectivity index (χ3v) is 5.60. The van der Waals surface area contributed by atoms with Gasteiger partial charge in [-0.3, -0.25) is 4.79 Å². The molecule has 0 aliphatic rings. The molecule has 4 rings (SSSR count). The second kappa shape index (κ2) is 7.62. The number of aromatic amines is 1. The van der Waals surface area contributed by atoms with E-state index in [1.807, 2.05) is 25.1 Å². The van der Waals surface area contributed by atoms with Gasteiger partial charge in [-0.2, -0.15) is 0 Å². The number of H-pyrrole nitrogens is 1. The van der Waals surface area contributed by atoms with Crippen LogP contribution in [0.3, 0.4) is 0 Å². The SMILES string of the molecule is Cc1cccc2[nH+]cc(C(=O)Nc3scc(-c4ccc(Cl)cc4)c3C(=O)O)nc12. The van der Waals surface area contributed by atoms with Gasteiger partial charge in [-0.25, -0.2) is 14.8 Å². The molecule has 0 radical (unpaired) electrons. The number of nitrogens with one attached hydrogen (secondary N) is 2. The highest BCUT2D eigenvalue weighted by molar-refractivity contribution is 7.15. The molecule has 0 bridgehead atoms. The number of aromatic carboxylic acids is 1. The molecule has 2 aromatic heterocycles. The molecule has 144 valence electrons. The molecule has 0 saturated heterocycles. The van der Waals surface area contributed by atoms with Crippen LogP contribution in [-0.4, -0.2) is 22.0 Å². The molecular weight excluding hydrogens is 410 g/mol. The zero-order chi connectivity index (χ0) is 20.5. The zero-order valence-corrected chi connectivity index (χ0v) is 16.8. The molecule has 0 atom stereocenters. The molecule has 2 aromatic carbocycles. The van der Waals surface area contributed by atoms with E-state index in [0.717, 1.165) is 22.4 Å². The van der Waals surface area contributed by atoms with E-state index in [2.05, 4.69) is 15.3 Å². The summed E-state index contributed by atoms with van der Waals surface area (Å²) in [6.07, 6.45) is 1.51. The highest BCUT2D eigenvalue weighted by atomic mass is 35.5. The second-order valence-electron chi connectivity index (χ2n) is 6.38. The van der Waals surface area contributed by atoms with Crippen LogP contribution in [0.5, 0.6) is 0 Å². The Kier molecular flexibility index (Phi) is 5.00. The number of benzene rings is 2. The molecule has 6 nitrogen and oxygen atoms in total. The van der Waals surface area contributed by atoms with Crippen molar-refractivity contribution in [2.75, 3.05) is 5.32 Å². The van der Waals surface area contributed by atoms with Gasteiger partial charge in [-0.1, -0.05) is 35.9 Å². The van der Waals surface area contributed by atoms with E-state index in [-0.39, 0.29) is 16.3 Å². The number of hydrogen-bond acceptors (Lipinski definition) is 4. The summed E-state index contributed by atoms with van der Waals surface area (Å²) in [5, 5.41) is 14.9. The van der Waals surface area contributed by atoms with E-state index in [9.17, 15) is 14.7 Å². The number of fused-ring (bicyclic) bond motifs is 1. The van der Waals surface area contributed by atoms with Crippen LogP contribution < -0.4 is 10.3 Å². The number of carbonyl (C=O) groups excluding carboxylic acids is 1. The summed E-state index contributed by atoms with van der Waals surface area (Å²) >= 11 is 7.06. The minimum atomic E-state index is -1.12. The number of amides is 1. The molecule has 0 saturated carbocycles. The van der Waals surface area contributed by atoms with E-state index < -0.39 is 11.9 Å². The lowest BCUT2D eigenvalue weighted by molar-refractivity contribution is -0.345. The van der Waals surface area contributed by atoms with Crippen molar-refractivity contribution < 1.29 is 19.7 Å². The van der Waals surface area contributed by atoms with Crippen LogP contribution in [0.2, 0.25) is 5.02 Å². The highest BCUT2D eigenvalue weighted by Crippen LogP contribution is 2.36. The molecule has 4 aromatic rings. The molecule has 1 amide bonds. The Labute approximate surface area is 174 Å². The summed E-state index contributed by atoms with van der Waals surface area (Å²) in [6.45, 7) is 1.91. The second-order valence-corrected chi connectivity index (χ2v) is 7.69. The first-order valence-electron chi connectivity index (χ1n) is 8.64. The fourth-order valence-corrected chi connectivity index (χ4v) is 4.09. The standard InChI is InChI=1S/C21H14ClN3O3S/c1-11-3-2-4-15-18(11)24-16(9-23-15)19(26)25-20-17(21(27)28)14(10-29-20)12-5-7-13(22)8-6-12/h2-10H,1H3,(H,25,26)(H,27,28)/p+1. The number of aromatic nitrogens is 2. The number of hydrogen-bond donors (Lipinski definition) is 2. The Morgan fingerprint density at radius 2 is 1.93 bits per heavy atom. The quantitative estimate of drug-likeness (QED) is 0.497. The Bertz CT molecular complexity index is 1250. The highest BCUT2D eigenvalue weighted by Gasteiger charge is 2.23. The number of anilines is 1. The van der Waals surface area contributed by atoms with Crippen molar-refractivity contribution in [1.29, 1.82) is 0 Å². The predicted octanol–water partition coefficient (Wildman–Crippen LogP) is 4.69. The van der Waals surface area contributed by atoms with E-state index >= 15 is 0 Å². The summed E-state index contributed by atoms with van der Waals surface area (Å²) < 4.78 is 0. The third kappa shape index (κ3) is 3.70. The lowest BCUT2D eigenvalue weighted by Gasteiger charge is -2.06. The number of para-hydroxylation sites is 1. The van der Waals surface area contributed by atoms with Crippen molar-refractivity contribution in [3.05, 3.63) is 75.9 Å². The van der Waals surface area contributed by atoms with Gasteiger partial charge in [0.25, 0.3) is 5.91 Å². The average molecular weight is 425 g/mol. The summed E-state index contributed by atoms with van der Waals surface area (Å²) in [7, 11) is 0. The number of rotatable bonds is 4. The molecule has 3 N–H and O–H groups in total. The van der Waals surface area contributed by atoms with E-state index in [1.54, 1.807) is 29.6 Å². The maximum absolute atomic E-state index is 12.7. The maximum Gasteiger partial charge on any atom is 0.339 e. The molecule has 2 heterocycles. The van der Waals surface area contributed by atoms with Gasteiger partial charge in [0.15, 0.2) is 11.9 Å². The van der Waals surface area contributed by atoms with Crippen LogP contribution in [-0.2, 0) is 0 Å². The van der Waals surface area contributed by atoms with Crippen LogP contribution in [0, 0.1) is 6.92 Å². The Morgan fingerprint density at radius 1 is 1.17 bits per heavy atom. The maximum atomic E-state index is 12.7. The number of carboxylic acids is 1. The lowest BCUT2D eigenvalue weighted by atomic mass is 10.0. The summed E-state index contributed by atoms with van der Waals surface area (Å²) in [4.78, 5) is 32.1. The predicted molar refractivity (Wildman–Crippen MR) is 113 cm³/mol. The number of nitrogens with zero attached hydrogens (tertiary/aromatic N) is 1. The summed E-state index contributed by atoms with van der Waals surface area (Å²) in [5.74, 6) is -1.61. The van der Waals surface area contributed by atoms with Gasteiger partial charge >= 0.3 is 5.97 Å². The van der Waals surface area contributed by atoms with Crippen LogP contribution >= 0.6 is 22.9 Å². The van der Waals surface area contributed by atoms with Crippen LogP contribution in [0.1, 0.15) is 26.4 Å². The molecule has 0 unspecified atom stereocenters. The van der Waals surface area contributed by atoms with Crippen molar-refractivity contribution in [3.8, 4) is 11.1 Å². The zero-order valence-electron chi connectivity index (χ0n) is 15.2. The topological polar surface area (TPSA) is 93.4 Å². The number of carbonyl (C=O) groups is 2. The first-order valence-corrected chi connectivity index (χ1v) is 9.90. The lowest BCUT2D eigenvalue weighted by Crippen LogP contribution is -2.19. The van der Waals surface area contributed by atoms with Crippen molar-refractivity contribution in [1.82, 2.24) is 4.98 Å². The van der Waals surface area contributed by atoms with Crippen molar-refractivity contribution >= 4 is 50.8 Å². The van der Waals surface area contributed by atoms with Gasteiger partial charge in [-0.15, -0.1) is 11.3 Å². The molecule has 0 fully saturated rings. The number of halogens is 1. The first-order chi connectivity index (χ1) is 13.9. The minimum Gasteiger partial charge on any atom is -0.478 e. The van der Waals surface area contributed by atoms with E-state index in [1.165, 1.54) is 6.20 Å². The van der Waals surface area contributed by atoms with Crippen molar-refractivity contribution in [2.24, 2.45) is 0 Å². The van der Waals surface area contributed by atoms with Crippen molar-refractivity contribution in [2.45, 2.75) is 6.92 Å². The molecule has 0 aliphatic carbocycles. The smallest absolute Gasteiger partial charge is 0.339 e. The van der Waals surface area contributed by atoms with Gasteiger partial charge in [0.1, 0.15) is 16.1 Å². The Hall–Kier alpha value is -3.29. The Balaban J connectivity index is 1.69. The fraction of sp³-hybridized carbons (Fsp3) is 0.0476. The van der Waals surface area contributed by atoms with E-state index in [0.29, 0.717) is 21.7 Å². The third-order valence-electron chi connectivity index (χ3n) is 4.45. The molecule has 0 aliphatic heterocycles. The van der Waals surface area contributed by atoms with E-state index in [4.69, 9.17) is 11.6 Å². The normalized spacial score (nSPS) is 10.8. The molecule has 0 spiro atoms. The van der Waals surface area contributed by atoms with Gasteiger partial charge in [0.2, 0.25) is 5.52 Å². The molecule has 8 heteroatoms. The molecule has 29 heavy (non-hydrogen) atoms. The minimum absolute atomic E-state index is 0.0339. The number of aryl methyl sites for hydroxylation is 1. The number of thiophene rings is 1. The first kappa shape index (κ1) is 19.0. The van der Waals surface area contributed by atoms with Crippen molar-refractivity contribution in [3.63, 3.8) is 0 Å². The number of carboxylic acid groups (broad SMARTS) is 1. The van der Waals surface area contributed by atoms with Crippen LogP contribution in [0.15, 0.2) is 54.0 Å².